The number of benzene rings is 2. The van der Waals surface area contributed by atoms with Crippen LogP contribution in [0.4, 0.5) is 5.69 Å². The van der Waals surface area contributed by atoms with E-state index in [1.54, 1.807) is 4.90 Å². The summed E-state index contributed by atoms with van der Waals surface area (Å²) in [5.74, 6) is 0. The summed E-state index contributed by atoms with van der Waals surface area (Å²) in [6, 6.07) is 15.4. The van der Waals surface area contributed by atoms with Gasteiger partial charge in [0.05, 0.1) is 5.70 Å². The first-order valence-electron chi connectivity index (χ1n) is 6.35. The molecule has 2 aromatic carbocycles. The molecule has 3 nitrogen and oxygen atoms in total. The predicted octanol–water partition coefficient (Wildman–Crippen LogP) is 2.83. The second kappa shape index (κ2) is 4.85. The molecule has 0 bridgehead atoms. The third-order valence-electron chi connectivity index (χ3n) is 3.60. The number of hydrogen-bond acceptors (Lipinski definition) is 3. The first-order chi connectivity index (χ1) is 9.59. The Morgan fingerprint density at radius 1 is 1.15 bits per heavy atom. The van der Waals surface area contributed by atoms with E-state index in [2.05, 4.69) is 0 Å². The minimum absolute atomic E-state index is 0.438. The number of hydrogen-bond donors (Lipinski definition) is 2. The van der Waals surface area contributed by atoms with Gasteiger partial charge in [0.15, 0.2) is 6.23 Å². The van der Waals surface area contributed by atoms with Gasteiger partial charge >= 0.3 is 0 Å². The minimum atomic E-state index is -0.834. The van der Waals surface area contributed by atoms with Crippen molar-refractivity contribution in [3.05, 3.63) is 70.4 Å². The van der Waals surface area contributed by atoms with Crippen LogP contribution in [0.15, 0.2) is 54.2 Å². The monoisotopic (exact) mass is 286 g/mol. The van der Waals surface area contributed by atoms with Gasteiger partial charge in [0.2, 0.25) is 0 Å². The summed E-state index contributed by atoms with van der Waals surface area (Å²) < 4.78 is 0. The molecule has 0 saturated heterocycles. The Hall–Kier alpha value is -1.97. The number of nitrogens with zero attached hydrogens (tertiary/aromatic N) is 1. The fraction of sp³-hybridized carbons (Fsp3) is 0.125. The highest BCUT2D eigenvalue weighted by atomic mass is 35.5. The average Bonchev–Trinajstić information content (AvgIpc) is 2.46. The molecule has 0 radical (unpaired) electrons. The molecule has 0 aromatic heterocycles. The molecular formula is C16H15ClN2O. The van der Waals surface area contributed by atoms with E-state index < -0.39 is 6.23 Å². The Morgan fingerprint density at radius 3 is 2.55 bits per heavy atom. The quantitative estimate of drug-likeness (QED) is 0.847. The Labute approximate surface area is 122 Å². The first kappa shape index (κ1) is 13.0. The lowest BCUT2D eigenvalue weighted by molar-refractivity contribution is 0.208. The van der Waals surface area contributed by atoms with E-state index >= 15 is 0 Å². The maximum Gasteiger partial charge on any atom is 0.168 e. The average molecular weight is 287 g/mol. The number of rotatable bonds is 1. The second-order valence-electron chi connectivity index (χ2n) is 4.84. The van der Waals surface area contributed by atoms with Gasteiger partial charge in [-0.15, -0.1) is 0 Å². The summed E-state index contributed by atoms with van der Waals surface area (Å²) in [4.78, 5) is 1.74. The topological polar surface area (TPSA) is 49.5 Å². The molecule has 4 heteroatoms. The number of likely N-dealkylation sites (N-methyl/N-ethyl adjacent to an activating group) is 1. The molecule has 1 aliphatic rings. The third-order valence-corrected chi connectivity index (χ3v) is 3.84. The number of aliphatic hydroxyl groups excluding tert-OH is 1. The second-order valence-corrected chi connectivity index (χ2v) is 5.28. The van der Waals surface area contributed by atoms with Crippen LogP contribution in [-0.4, -0.2) is 18.4 Å². The van der Waals surface area contributed by atoms with E-state index in [1.807, 2.05) is 55.6 Å². The summed E-state index contributed by atoms with van der Waals surface area (Å²) in [6.45, 7) is 0. The van der Waals surface area contributed by atoms with Crippen molar-refractivity contribution < 1.29 is 5.11 Å². The van der Waals surface area contributed by atoms with Crippen molar-refractivity contribution in [2.75, 3.05) is 11.9 Å². The zero-order valence-electron chi connectivity index (χ0n) is 11.0. The standard InChI is InChI=1S/C16H15ClN2O/c1-19-13-8-7-11(17)9-12(13)14(15(18)16(19)20)10-5-3-2-4-6-10/h2-9,16,20H,18H2,1H3. The molecule has 102 valence electrons. The highest BCUT2D eigenvalue weighted by Crippen LogP contribution is 2.39. The first-order valence-corrected chi connectivity index (χ1v) is 6.73. The van der Waals surface area contributed by atoms with Gasteiger partial charge in [-0.25, -0.2) is 0 Å². The molecule has 0 fully saturated rings. The molecule has 0 saturated carbocycles. The molecule has 1 aliphatic heterocycles. The van der Waals surface area contributed by atoms with Gasteiger partial charge in [0.1, 0.15) is 0 Å². The zero-order chi connectivity index (χ0) is 14.3. The number of anilines is 1. The van der Waals surface area contributed by atoms with Crippen LogP contribution in [-0.2, 0) is 0 Å². The van der Waals surface area contributed by atoms with Gasteiger partial charge < -0.3 is 15.7 Å². The van der Waals surface area contributed by atoms with Gasteiger partial charge in [-0.1, -0.05) is 41.9 Å². The lowest BCUT2D eigenvalue weighted by Crippen LogP contribution is -2.40. The van der Waals surface area contributed by atoms with Crippen molar-refractivity contribution in [2.24, 2.45) is 5.73 Å². The van der Waals surface area contributed by atoms with Crippen LogP contribution in [0.3, 0.4) is 0 Å². The Morgan fingerprint density at radius 2 is 1.85 bits per heavy atom. The van der Waals surface area contributed by atoms with Gasteiger partial charge in [-0.3, -0.25) is 0 Å². The van der Waals surface area contributed by atoms with E-state index in [1.165, 1.54) is 0 Å². The summed E-state index contributed by atoms with van der Waals surface area (Å²) in [5, 5.41) is 11.0. The van der Waals surface area contributed by atoms with Crippen LogP contribution in [0.25, 0.3) is 5.57 Å². The van der Waals surface area contributed by atoms with Crippen LogP contribution < -0.4 is 10.6 Å². The maximum atomic E-state index is 10.3. The highest BCUT2D eigenvalue weighted by Gasteiger charge is 2.28. The molecule has 3 N–H and O–H groups in total. The number of halogens is 1. The largest absolute Gasteiger partial charge is 0.398 e. The van der Waals surface area contributed by atoms with E-state index in [9.17, 15) is 5.11 Å². The van der Waals surface area contributed by atoms with Crippen molar-refractivity contribution in [2.45, 2.75) is 6.23 Å². The normalized spacial score (nSPS) is 18.1. The van der Waals surface area contributed by atoms with Crippen LogP contribution in [0.5, 0.6) is 0 Å². The van der Waals surface area contributed by atoms with Gasteiger partial charge in [0.25, 0.3) is 0 Å². The number of fused-ring (bicyclic) bond motifs is 1. The van der Waals surface area contributed by atoms with Crippen molar-refractivity contribution in [3.63, 3.8) is 0 Å². The fourth-order valence-corrected chi connectivity index (χ4v) is 2.74. The molecule has 0 spiro atoms. The Kier molecular flexibility index (Phi) is 3.16. The Balaban J connectivity index is 2.29. The lowest BCUT2D eigenvalue weighted by atomic mass is 9.91. The molecular weight excluding hydrogens is 272 g/mol. The van der Waals surface area contributed by atoms with Crippen LogP contribution in [0, 0.1) is 0 Å². The van der Waals surface area contributed by atoms with E-state index in [4.69, 9.17) is 17.3 Å². The molecule has 20 heavy (non-hydrogen) atoms. The number of nitrogens with two attached hydrogens (primary N) is 1. The van der Waals surface area contributed by atoms with Crippen molar-refractivity contribution in [1.29, 1.82) is 0 Å². The van der Waals surface area contributed by atoms with Crippen LogP contribution in [0.1, 0.15) is 11.1 Å². The molecule has 2 aromatic rings. The smallest absolute Gasteiger partial charge is 0.168 e. The molecule has 1 unspecified atom stereocenters. The van der Waals surface area contributed by atoms with E-state index in [-0.39, 0.29) is 0 Å². The summed E-state index contributed by atoms with van der Waals surface area (Å²) in [7, 11) is 1.81. The SMILES string of the molecule is CN1c2ccc(Cl)cc2C(c2ccccc2)=C(N)C1O. The molecule has 1 atom stereocenters. The van der Waals surface area contributed by atoms with E-state index in [0.29, 0.717) is 10.7 Å². The van der Waals surface area contributed by atoms with Crippen LogP contribution in [0.2, 0.25) is 5.02 Å². The van der Waals surface area contributed by atoms with Gasteiger partial charge in [0, 0.05) is 28.9 Å². The fourth-order valence-electron chi connectivity index (χ4n) is 2.57. The van der Waals surface area contributed by atoms with Crippen LogP contribution >= 0.6 is 11.6 Å². The summed E-state index contributed by atoms with van der Waals surface area (Å²) in [5.41, 5.74) is 10.3. The van der Waals surface area contributed by atoms with Crippen molar-refractivity contribution in [3.8, 4) is 0 Å². The third kappa shape index (κ3) is 1.96. The summed E-state index contributed by atoms with van der Waals surface area (Å²) in [6.07, 6.45) is -0.834. The highest BCUT2D eigenvalue weighted by molar-refractivity contribution is 6.31. The number of aliphatic hydroxyl groups is 1. The lowest BCUT2D eigenvalue weighted by Gasteiger charge is -2.34. The predicted molar refractivity (Wildman–Crippen MR) is 82.5 cm³/mol. The molecule has 0 amide bonds. The van der Waals surface area contributed by atoms with E-state index in [0.717, 1.165) is 22.4 Å². The molecule has 1 heterocycles. The molecule has 3 rings (SSSR count). The van der Waals surface area contributed by atoms with Gasteiger partial charge in [-0.2, -0.15) is 0 Å². The Bertz CT molecular complexity index is 682. The maximum absolute atomic E-state index is 10.3. The van der Waals surface area contributed by atoms with Crippen molar-refractivity contribution >= 4 is 22.9 Å². The summed E-state index contributed by atoms with van der Waals surface area (Å²) >= 11 is 6.12. The van der Waals surface area contributed by atoms with Gasteiger partial charge in [-0.05, 0) is 23.8 Å². The van der Waals surface area contributed by atoms with Crippen molar-refractivity contribution in [1.82, 2.24) is 0 Å². The molecule has 0 aliphatic carbocycles. The zero-order valence-corrected chi connectivity index (χ0v) is 11.8. The minimum Gasteiger partial charge on any atom is -0.398 e.